The second-order valence-corrected chi connectivity index (χ2v) is 5.15. The van der Waals surface area contributed by atoms with Crippen LogP contribution in [0.2, 0.25) is 0 Å². The maximum Gasteiger partial charge on any atom is 0.312 e. The van der Waals surface area contributed by atoms with Crippen LogP contribution in [0.15, 0.2) is 30.3 Å². The van der Waals surface area contributed by atoms with Crippen LogP contribution in [0.1, 0.15) is 23.0 Å². The molecule has 2 rings (SSSR count). The first-order valence-electron chi connectivity index (χ1n) is 7.07. The molecule has 0 aliphatic carbocycles. The van der Waals surface area contributed by atoms with E-state index in [9.17, 15) is 20.0 Å². The highest BCUT2D eigenvalue weighted by molar-refractivity contribution is 5.76. The summed E-state index contributed by atoms with van der Waals surface area (Å²) in [4.78, 5) is 22.6. The summed E-state index contributed by atoms with van der Waals surface area (Å²) in [6, 6.07) is 8.54. The van der Waals surface area contributed by atoms with Gasteiger partial charge in [0.15, 0.2) is 0 Å². The molecule has 1 atom stereocenters. The van der Waals surface area contributed by atoms with Crippen molar-refractivity contribution in [2.45, 2.75) is 26.4 Å². The molecule has 1 amide bonds. The lowest BCUT2D eigenvalue weighted by molar-refractivity contribution is -0.386. The van der Waals surface area contributed by atoms with E-state index in [1.807, 2.05) is 18.2 Å². The zero-order chi connectivity index (χ0) is 17.0. The Kier molecular flexibility index (Phi) is 5.07. The summed E-state index contributed by atoms with van der Waals surface area (Å²) in [5.74, 6) is -0.381. The van der Waals surface area contributed by atoms with Gasteiger partial charge in [-0.05, 0) is 19.4 Å². The van der Waals surface area contributed by atoms with Crippen molar-refractivity contribution in [1.82, 2.24) is 15.1 Å². The van der Waals surface area contributed by atoms with E-state index in [2.05, 4.69) is 10.4 Å². The molecule has 0 fully saturated rings. The van der Waals surface area contributed by atoms with E-state index >= 15 is 0 Å². The third kappa shape index (κ3) is 3.72. The number of benzene rings is 1. The number of hydrogen-bond donors (Lipinski definition) is 2. The number of amides is 1. The Hall–Kier alpha value is -2.74. The van der Waals surface area contributed by atoms with Crippen molar-refractivity contribution in [3.63, 3.8) is 0 Å². The molecule has 0 radical (unpaired) electrons. The fraction of sp³-hybridized carbons (Fsp3) is 0.333. The number of aliphatic hydroxyl groups excluding tert-OH is 1. The highest BCUT2D eigenvalue weighted by Crippen LogP contribution is 2.21. The van der Waals surface area contributed by atoms with Crippen molar-refractivity contribution in [3.8, 4) is 0 Å². The van der Waals surface area contributed by atoms with Gasteiger partial charge < -0.3 is 10.4 Å². The molecule has 8 heteroatoms. The molecular formula is C15H18N4O4. The van der Waals surface area contributed by atoms with E-state index < -0.39 is 11.0 Å². The van der Waals surface area contributed by atoms with Gasteiger partial charge in [-0.25, -0.2) is 0 Å². The van der Waals surface area contributed by atoms with Crippen LogP contribution in [0.25, 0.3) is 0 Å². The number of rotatable bonds is 6. The molecule has 0 saturated heterocycles. The molecule has 1 aromatic heterocycles. The number of aliphatic hydroxyl groups is 1. The number of carbonyl (C=O) groups excluding carboxylic acids is 1. The quantitative estimate of drug-likeness (QED) is 0.615. The molecule has 0 aliphatic rings. The van der Waals surface area contributed by atoms with Gasteiger partial charge in [0.2, 0.25) is 5.91 Å². The van der Waals surface area contributed by atoms with Crippen molar-refractivity contribution >= 4 is 11.6 Å². The number of nitrogens with one attached hydrogen (secondary N) is 1. The molecule has 1 heterocycles. The summed E-state index contributed by atoms with van der Waals surface area (Å²) in [6.07, 6.45) is 0. The monoisotopic (exact) mass is 318 g/mol. The SMILES string of the molecule is Cc1nn(CC(=O)NC(CO)c2ccccc2)c(C)c1[N+](=O)[O-]. The van der Waals surface area contributed by atoms with Gasteiger partial charge in [0, 0.05) is 0 Å². The van der Waals surface area contributed by atoms with E-state index in [0.29, 0.717) is 5.69 Å². The molecule has 1 aromatic carbocycles. The van der Waals surface area contributed by atoms with Gasteiger partial charge in [0.05, 0.1) is 17.6 Å². The summed E-state index contributed by atoms with van der Waals surface area (Å²) in [6.45, 7) is 2.68. The molecule has 8 nitrogen and oxygen atoms in total. The van der Waals surface area contributed by atoms with Gasteiger partial charge in [-0.2, -0.15) is 5.10 Å². The first-order chi connectivity index (χ1) is 10.9. The largest absolute Gasteiger partial charge is 0.394 e. The second-order valence-electron chi connectivity index (χ2n) is 5.15. The Labute approximate surface area is 132 Å². The first kappa shape index (κ1) is 16.6. The van der Waals surface area contributed by atoms with Crippen molar-refractivity contribution in [2.75, 3.05) is 6.61 Å². The van der Waals surface area contributed by atoms with Crippen molar-refractivity contribution in [3.05, 3.63) is 57.4 Å². The third-order valence-electron chi connectivity index (χ3n) is 3.54. The van der Waals surface area contributed by atoms with Gasteiger partial charge >= 0.3 is 5.69 Å². The van der Waals surface area contributed by atoms with Crippen LogP contribution in [0.4, 0.5) is 5.69 Å². The van der Waals surface area contributed by atoms with E-state index in [1.54, 1.807) is 19.1 Å². The molecule has 0 aliphatic heterocycles. The third-order valence-corrected chi connectivity index (χ3v) is 3.54. The van der Waals surface area contributed by atoms with Crippen LogP contribution in [0, 0.1) is 24.0 Å². The Morgan fingerprint density at radius 3 is 2.57 bits per heavy atom. The minimum atomic E-state index is -0.532. The topological polar surface area (TPSA) is 110 Å². The van der Waals surface area contributed by atoms with Crippen molar-refractivity contribution in [2.24, 2.45) is 0 Å². The average molecular weight is 318 g/mol. The zero-order valence-corrected chi connectivity index (χ0v) is 12.9. The van der Waals surface area contributed by atoms with Crippen LogP contribution in [0.3, 0.4) is 0 Å². The first-order valence-corrected chi connectivity index (χ1v) is 7.07. The molecule has 23 heavy (non-hydrogen) atoms. The van der Waals surface area contributed by atoms with Gasteiger partial charge in [-0.3, -0.25) is 19.6 Å². The fourth-order valence-corrected chi connectivity index (χ4v) is 2.40. The van der Waals surface area contributed by atoms with E-state index in [-0.39, 0.29) is 30.4 Å². The maximum absolute atomic E-state index is 12.1. The smallest absolute Gasteiger partial charge is 0.312 e. The predicted molar refractivity (Wildman–Crippen MR) is 82.8 cm³/mol. The summed E-state index contributed by atoms with van der Waals surface area (Å²) < 4.78 is 1.29. The van der Waals surface area contributed by atoms with Gasteiger partial charge in [0.25, 0.3) is 0 Å². The number of carbonyl (C=O) groups is 1. The fourth-order valence-electron chi connectivity index (χ4n) is 2.40. The summed E-state index contributed by atoms with van der Waals surface area (Å²) in [7, 11) is 0. The summed E-state index contributed by atoms with van der Waals surface area (Å²) in [5.41, 5.74) is 1.28. The molecule has 0 bridgehead atoms. The molecule has 2 aromatic rings. The van der Waals surface area contributed by atoms with E-state index in [0.717, 1.165) is 5.56 Å². The predicted octanol–water partition coefficient (Wildman–Crippen LogP) is 1.26. The number of hydrogen-bond acceptors (Lipinski definition) is 5. The maximum atomic E-state index is 12.1. The minimum Gasteiger partial charge on any atom is -0.394 e. The van der Waals surface area contributed by atoms with E-state index in [1.165, 1.54) is 11.6 Å². The van der Waals surface area contributed by atoms with Gasteiger partial charge in [-0.15, -0.1) is 0 Å². The zero-order valence-electron chi connectivity index (χ0n) is 12.9. The number of aryl methyl sites for hydroxylation is 1. The number of aromatic nitrogens is 2. The van der Waals surface area contributed by atoms with Crippen LogP contribution in [0.5, 0.6) is 0 Å². The van der Waals surface area contributed by atoms with Crippen LogP contribution >= 0.6 is 0 Å². The molecule has 1 unspecified atom stereocenters. The minimum absolute atomic E-state index is 0.0837. The Morgan fingerprint density at radius 1 is 1.39 bits per heavy atom. The molecule has 2 N–H and O–H groups in total. The Balaban J connectivity index is 2.11. The highest BCUT2D eigenvalue weighted by Gasteiger charge is 2.23. The second kappa shape index (κ2) is 7.01. The van der Waals surface area contributed by atoms with E-state index in [4.69, 9.17) is 0 Å². The summed E-state index contributed by atoms with van der Waals surface area (Å²) >= 11 is 0. The number of nitro groups is 1. The van der Waals surface area contributed by atoms with Gasteiger partial charge in [0.1, 0.15) is 17.9 Å². The lowest BCUT2D eigenvalue weighted by Gasteiger charge is -2.16. The lowest BCUT2D eigenvalue weighted by Crippen LogP contribution is -2.33. The van der Waals surface area contributed by atoms with Crippen molar-refractivity contribution < 1.29 is 14.8 Å². The lowest BCUT2D eigenvalue weighted by atomic mass is 10.1. The molecule has 0 spiro atoms. The normalized spacial score (nSPS) is 12.0. The number of nitrogens with zero attached hydrogens (tertiary/aromatic N) is 3. The summed E-state index contributed by atoms with van der Waals surface area (Å²) in [5, 5.41) is 27.1. The van der Waals surface area contributed by atoms with Crippen LogP contribution in [-0.2, 0) is 11.3 Å². The standard InChI is InChI=1S/C15H18N4O4/c1-10-15(19(22)23)11(2)18(17-10)8-14(21)16-13(9-20)12-6-4-3-5-7-12/h3-7,13,20H,8-9H2,1-2H3,(H,16,21). The van der Waals surface area contributed by atoms with Crippen molar-refractivity contribution in [1.29, 1.82) is 0 Å². The average Bonchev–Trinajstić information content (AvgIpc) is 2.79. The van der Waals surface area contributed by atoms with Crippen LogP contribution < -0.4 is 5.32 Å². The highest BCUT2D eigenvalue weighted by atomic mass is 16.6. The Morgan fingerprint density at radius 2 is 2.04 bits per heavy atom. The van der Waals surface area contributed by atoms with Crippen LogP contribution in [-0.4, -0.2) is 32.3 Å². The molecular weight excluding hydrogens is 300 g/mol. The Bertz CT molecular complexity index is 712. The van der Waals surface area contributed by atoms with Gasteiger partial charge in [-0.1, -0.05) is 30.3 Å². The molecule has 0 saturated carbocycles. The molecule has 122 valence electrons.